The summed E-state index contributed by atoms with van der Waals surface area (Å²) >= 11 is 3.58. The number of benzene rings is 1. The first-order valence-electron chi connectivity index (χ1n) is 7.73. The van der Waals surface area contributed by atoms with Gasteiger partial charge in [-0.3, -0.25) is 0 Å². The lowest BCUT2D eigenvalue weighted by atomic mass is 10.1. The van der Waals surface area contributed by atoms with Crippen LogP contribution in [0.5, 0.6) is 0 Å². The molecule has 120 valence electrons. The van der Waals surface area contributed by atoms with Crippen LogP contribution in [0.15, 0.2) is 22.7 Å². The Morgan fingerprint density at radius 2 is 1.95 bits per heavy atom. The molecule has 1 aromatic carbocycles. The predicted octanol–water partition coefficient (Wildman–Crippen LogP) is 4.20. The number of halogens is 1. The Kier molecular flexibility index (Phi) is 7.71. The summed E-state index contributed by atoms with van der Waals surface area (Å²) in [6, 6.07) is 6.51. The molecule has 21 heavy (non-hydrogen) atoms. The average molecular weight is 357 g/mol. The number of rotatable bonds is 8. The number of hydrogen-bond donors (Lipinski definition) is 1. The molecule has 4 heteroatoms. The first kappa shape index (κ1) is 18.5. The highest BCUT2D eigenvalue weighted by Crippen LogP contribution is 2.25. The van der Waals surface area contributed by atoms with E-state index in [2.05, 4.69) is 72.0 Å². The molecule has 0 aliphatic carbocycles. The van der Waals surface area contributed by atoms with Gasteiger partial charge < -0.3 is 15.0 Å². The lowest BCUT2D eigenvalue weighted by molar-refractivity contribution is 0.154. The topological polar surface area (TPSA) is 24.5 Å². The maximum atomic E-state index is 5.50. The Balaban J connectivity index is 2.87. The van der Waals surface area contributed by atoms with Crippen LogP contribution in [0.1, 0.15) is 40.2 Å². The molecule has 0 heterocycles. The van der Waals surface area contributed by atoms with Crippen molar-refractivity contribution in [3.05, 3.63) is 28.2 Å². The van der Waals surface area contributed by atoms with Crippen LogP contribution in [0.3, 0.4) is 0 Å². The summed E-state index contributed by atoms with van der Waals surface area (Å²) < 4.78 is 6.62. The third-order valence-electron chi connectivity index (χ3n) is 3.28. The molecule has 0 bridgehead atoms. The van der Waals surface area contributed by atoms with Crippen LogP contribution in [0.2, 0.25) is 0 Å². The Bertz CT molecular complexity index is 429. The molecule has 0 unspecified atom stereocenters. The maximum Gasteiger partial charge on any atom is 0.0641 e. The Morgan fingerprint density at radius 3 is 2.52 bits per heavy atom. The van der Waals surface area contributed by atoms with Crippen molar-refractivity contribution < 1.29 is 4.74 Å². The molecule has 0 atom stereocenters. The monoisotopic (exact) mass is 356 g/mol. The van der Waals surface area contributed by atoms with Gasteiger partial charge in [0.15, 0.2) is 0 Å². The fourth-order valence-electron chi connectivity index (χ4n) is 2.13. The van der Waals surface area contributed by atoms with Crippen LogP contribution in [0.25, 0.3) is 0 Å². The number of ether oxygens (including phenoxy) is 1. The van der Waals surface area contributed by atoms with Crippen LogP contribution in [0, 0.1) is 0 Å². The molecule has 0 aliphatic heterocycles. The minimum Gasteiger partial charge on any atom is -0.380 e. The number of nitrogens with zero attached hydrogens (tertiary/aromatic N) is 1. The molecule has 0 amide bonds. The summed E-state index contributed by atoms with van der Waals surface area (Å²) in [5.41, 5.74) is 2.72. The van der Waals surface area contributed by atoms with E-state index in [1.165, 1.54) is 11.3 Å². The lowest BCUT2D eigenvalue weighted by Gasteiger charge is -2.28. The van der Waals surface area contributed by atoms with E-state index in [0.717, 1.165) is 37.3 Å². The van der Waals surface area contributed by atoms with Crippen molar-refractivity contribution in [1.29, 1.82) is 0 Å². The van der Waals surface area contributed by atoms with Gasteiger partial charge in [0.2, 0.25) is 0 Å². The summed E-state index contributed by atoms with van der Waals surface area (Å²) in [7, 11) is 0. The zero-order chi connectivity index (χ0) is 15.9. The van der Waals surface area contributed by atoms with Crippen molar-refractivity contribution in [2.75, 3.05) is 31.2 Å². The maximum absolute atomic E-state index is 5.50. The highest BCUT2D eigenvalue weighted by atomic mass is 79.9. The average Bonchev–Trinajstić information content (AvgIpc) is 2.41. The summed E-state index contributed by atoms with van der Waals surface area (Å²) in [5, 5.41) is 3.57. The van der Waals surface area contributed by atoms with Gasteiger partial charge >= 0.3 is 0 Å². The first-order chi connectivity index (χ1) is 9.87. The molecule has 0 saturated heterocycles. The number of likely N-dealkylation sites (N-methyl/N-ethyl adjacent to an activating group) is 1. The summed E-state index contributed by atoms with van der Waals surface area (Å²) in [6.07, 6.45) is 0. The molecule has 1 rings (SSSR count). The molecular formula is C17H29BrN2O. The van der Waals surface area contributed by atoms with E-state index in [-0.39, 0.29) is 5.54 Å². The molecule has 0 aliphatic rings. The number of hydrogen-bond acceptors (Lipinski definition) is 3. The van der Waals surface area contributed by atoms with Gasteiger partial charge in [-0.2, -0.15) is 0 Å². The summed E-state index contributed by atoms with van der Waals surface area (Å²) in [4.78, 5) is 2.38. The molecule has 1 N–H and O–H groups in total. The molecular weight excluding hydrogens is 328 g/mol. The van der Waals surface area contributed by atoms with E-state index in [1.807, 2.05) is 6.92 Å². The predicted molar refractivity (Wildman–Crippen MR) is 95.1 cm³/mol. The van der Waals surface area contributed by atoms with Gasteiger partial charge in [-0.05, 0) is 58.4 Å². The van der Waals surface area contributed by atoms with Gasteiger partial charge in [0.05, 0.1) is 6.61 Å². The molecule has 0 saturated carbocycles. The smallest absolute Gasteiger partial charge is 0.0641 e. The number of anilines is 1. The van der Waals surface area contributed by atoms with Gasteiger partial charge in [0.25, 0.3) is 0 Å². The number of nitrogens with one attached hydrogen (secondary N) is 1. The SMILES string of the molecule is CCOCCN(CC)c1ccc(Br)cc1CNC(C)(C)C. The van der Waals surface area contributed by atoms with Gasteiger partial charge in [-0.25, -0.2) is 0 Å². The first-order valence-corrected chi connectivity index (χ1v) is 8.52. The van der Waals surface area contributed by atoms with Crippen molar-refractivity contribution in [2.45, 2.75) is 46.7 Å². The van der Waals surface area contributed by atoms with E-state index < -0.39 is 0 Å². The van der Waals surface area contributed by atoms with Crippen LogP contribution >= 0.6 is 15.9 Å². The molecule has 3 nitrogen and oxygen atoms in total. The fraction of sp³-hybridized carbons (Fsp3) is 0.647. The van der Waals surface area contributed by atoms with Crippen LogP contribution in [-0.4, -0.2) is 31.8 Å². The van der Waals surface area contributed by atoms with E-state index in [0.29, 0.717) is 0 Å². The van der Waals surface area contributed by atoms with Crippen molar-refractivity contribution in [3.8, 4) is 0 Å². The van der Waals surface area contributed by atoms with Crippen molar-refractivity contribution in [2.24, 2.45) is 0 Å². The summed E-state index contributed by atoms with van der Waals surface area (Å²) in [5.74, 6) is 0. The standard InChI is InChI=1S/C17H29BrN2O/c1-6-20(10-11-21-7-2)16-9-8-15(18)12-14(16)13-19-17(3,4)5/h8-9,12,19H,6-7,10-11,13H2,1-5H3. The zero-order valence-corrected chi connectivity index (χ0v) is 15.6. The fourth-order valence-corrected chi connectivity index (χ4v) is 2.54. The largest absolute Gasteiger partial charge is 0.380 e. The van der Waals surface area contributed by atoms with Gasteiger partial charge in [-0.15, -0.1) is 0 Å². The van der Waals surface area contributed by atoms with Gasteiger partial charge in [-0.1, -0.05) is 15.9 Å². The Hall–Kier alpha value is -0.580. The highest BCUT2D eigenvalue weighted by molar-refractivity contribution is 9.10. The third-order valence-corrected chi connectivity index (χ3v) is 3.78. The zero-order valence-electron chi connectivity index (χ0n) is 14.0. The summed E-state index contributed by atoms with van der Waals surface area (Å²) in [6.45, 7) is 15.1. The Morgan fingerprint density at radius 1 is 1.24 bits per heavy atom. The lowest BCUT2D eigenvalue weighted by Crippen LogP contribution is -2.36. The molecule has 0 spiro atoms. The minimum atomic E-state index is 0.113. The molecule has 0 radical (unpaired) electrons. The van der Waals surface area contributed by atoms with Crippen molar-refractivity contribution in [3.63, 3.8) is 0 Å². The van der Waals surface area contributed by atoms with Gasteiger partial charge in [0, 0.05) is 41.9 Å². The second-order valence-corrected chi connectivity index (χ2v) is 7.07. The normalized spacial score (nSPS) is 11.7. The van der Waals surface area contributed by atoms with Gasteiger partial charge in [0.1, 0.15) is 0 Å². The second kappa shape index (κ2) is 8.76. The van der Waals surface area contributed by atoms with Crippen molar-refractivity contribution in [1.82, 2.24) is 5.32 Å². The van der Waals surface area contributed by atoms with E-state index in [4.69, 9.17) is 4.74 Å². The van der Waals surface area contributed by atoms with E-state index in [1.54, 1.807) is 0 Å². The third kappa shape index (κ3) is 6.81. The Labute approximate surface area is 138 Å². The quantitative estimate of drug-likeness (QED) is 0.706. The van der Waals surface area contributed by atoms with E-state index >= 15 is 0 Å². The molecule has 1 aromatic rings. The van der Waals surface area contributed by atoms with Crippen LogP contribution in [-0.2, 0) is 11.3 Å². The second-order valence-electron chi connectivity index (χ2n) is 6.15. The van der Waals surface area contributed by atoms with Crippen LogP contribution < -0.4 is 10.2 Å². The minimum absolute atomic E-state index is 0.113. The van der Waals surface area contributed by atoms with E-state index in [9.17, 15) is 0 Å². The molecule has 0 fully saturated rings. The van der Waals surface area contributed by atoms with Crippen LogP contribution in [0.4, 0.5) is 5.69 Å². The molecule has 0 aromatic heterocycles. The highest BCUT2D eigenvalue weighted by Gasteiger charge is 2.14. The van der Waals surface area contributed by atoms with Crippen molar-refractivity contribution >= 4 is 21.6 Å².